The number of hydrogen-bond donors (Lipinski definition) is 0. The van der Waals surface area contributed by atoms with Gasteiger partial charge in [0.15, 0.2) is 10.8 Å². The first-order chi connectivity index (χ1) is 16.2. The Kier molecular flexibility index (Phi) is 5.95. The van der Waals surface area contributed by atoms with Crippen molar-refractivity contribution in [2.24, 2.45) is 0 Å². The molecular formula is C26H21N3O3S. The van der Waals surface area contributed by atoms with E-state index in [0.29, 0.717) is 23.0 Å². The number of ether oxygens (including phenoxy) is 1. The third-order valence-electron chi connectivity index (χ3n) is 5.30. The average molecular weight is 456 g/mol. The number of aromatic nitrogens is 2. The number of rotatable bonds is 6. The van der Waals surface area contributed by atoms with Crippen LogP contribution in [0.2, 0.25) is 0 Å². The first-order valence-corrected chi connectivity index (χ1v) is 11.6. The zero-order valence-electron chi connectivity index (χ0n) is 17.8. The van der Waals surface area contributed by atoms with E-state index in [0.717, 1.165) is 11.3 Å². The number of carbonyl (C=O) groups excluding carboxylic acids is 1. The minimum absolute atomic E-state index is 0.122. The van der Waals surface area contributed by atoms with Crippen molar-refractivity contribution in [2.45, 2.75) is 18.3 Å². The Morgan fingerprint density at radius 3 is 2.27 bits per heavy atom. The number of carbonyl (C=O) groups is 1. The molecule has 6 nitrogen and oxygen atoms in total. The van der Waals surface area contributed by atoms with Gasteiger partial charge in [0.25, 0.3) is 11.5 Å². The largest absolute Gasteiger partial charge is 0.471 e. The van der Waals surface area contributed by atoms with Gasteiger partial charge in [-0.1, -0.05) is 78.5 Å². The molecule has 1 aromatic heterocycles. The molecule has 5 rings (SSSR count). The molecule has 0 aliphatic carbocycles. The summed E-state index contributed by atoms with van der Waals surface area (Å²) in [6.07, 6.45) is 0. The summed E-state index contributed by atoms with van der Waals surface area (Å²) in [5, 5.41) is 0.604. The number of thioether (sulfide) groups is 1. The minimum atomic E-state index is -0.323. The van der Waals surface area contributed by atoms with Gasteiger partial charge in [0, 0.05) is 23.5 Å². The standard InChI is InChI=1S/C26H21N3O3S/c30-24(20-12-6-2-7-13-20)29(21-14-8-3-9-15-21)22-23(32-18-19-10-4-1-5-11-19)27-26-28(25(22)31)16-17-33-26/h1-15H,16-18H2. The van der Waals surface area contributed by atoms with Gasteiger partial charge >= 0.3 is 0 Å². The van der Waals surface area contributed by atoms with Gasteiger partial charge in [-0.3, -0.25) is 19.1 Å². The van der Waals surface area contributed by atoms with Gasteiger partial charge in [0.05, 0.1) is 0 Å². The van der Waals surface area contributed by atoms with Gasteiger partial charge in [-0.2, -0.15) is 4.98 Å². The Morgan fingerprint density at radius 2 is 1.58 bits per heavy atom. The van der Waals surface area contributed by atoms with Crippen molar-refractivity contribution >= 4 is 29.0 Å². The SMILES string of the molecule is O=C(c1ccccc1)N(c1ccccc1)c1c(OCc2ccccc2)nc2n(c1=O)CCS2. The predicted molar refractivity (Wildman–Crippen MR) is 129 cm³/mol. The fourth-order valence-electron chi connectivity index (χ4n) is 3.69. The molecule has 1 aliphatic heterocycles. The summed E-state index contributed by atoms with van der Waals surface area (Å²) in [6.45, 7) is 0.774. The number of hydrogen-bond acceptors (Lipinski definition) is 5. The van der Waals surface area contributed by atoms with Crippen LogP contribution in [0.15, 0.2) is 101 Å². The molecule has 1 aliphatic rings. The van der Waals surface area contributed by atoms with E-state index in [2.05, 4.69) is 4.98 Å². The number of para-hydroxylation sites is 1. The maximum Gasteiger partial charge on any atom is 0.282 e. The van der Waals surface area contributed by atoms with E-state index in [-0.39, 0.29) is 29.6 Å². The van der Waals surface area contributed by atoms with Gasteiger partial charge in [-0.05, 0) is 29.8 Å². The molecule has 0 bridgehead atoms. The van der Waals surface area contributed by atoms with E-state index < -0.39 is 0 Å². The third kappa shape index (κ3) is 4.27. The summed E-state index contributed by atoms with van der Waals surface area (Å²) in [7, 11) is 0. The summed E-state index contributed by atoms with van der Waals surface area (Å²) in [4.78, 5) is 33.5. The second-order valence-electron chi connectivity index (χ2n) is 7.47. The molecule has 0 N–H and O–H groups in total. The number of benzene rings is 3. The molecule has 0 spiro atoms. The van der Waals surface area contributed by atoms with E-state index in [1.54, 1.807) is 41.0 Å². The lowest BCUT2D eigenvalue weighted by molar-refractivity contribution is 0.0997. The molecule has 0 radical (unpaired) electrons. The highest BCUT2D eigenvalue weighted by Crippen LogP contribution is 2.35. The Labute approximate surface area is 195 Å². The molecule has 4 aromatic rings. The molecule has 0 unspecified atom stereocenters. The lowest BCUT2D eigenvalue weighted by Crippen LogP contribution is -2.34. The first kappa shape index (κ1) is 21.0. The van der Waals surface area contributed by atoms with E-state index in [1.165, 1.54) is 16.7 Å². The highest BCUT2D eigenvalue weighted by atomic mass is 32.2. The molecule has 0 saturated heterocycles. The molecule has 33 heavy (non-hydrogen) atoms. The Morgan fingerprint density at radius 1 is 0.939 bits per heavy atom. The van der Waals surface area contributed by atoms with Crippen LogP contribution in [0, 0.1) is 0 Å². The van der Waals surface area contributed by atoms with Crippen LogP contribution in [-0.2, 0) is 13.2 Å². The Balaban J connectivity index is 1.66. The Bertz CT molecular complexity index is 1330. The monoisotopic (exact) mass is 455 g/mol. The maximum atomic E-state index is 13.7. The van der Waals surface area contributed by atoms with Crippen molar-refractivity contribution in [1.29, 1.82) is 0 Å². The molecule has 3 aromatic carbocycles. The molecular weight excluding hydrogens is 434 g/mol. The van der Waals surface area contributed by atoms with Crippen LogP contribution in [-0.4, -0.2) is 21.2 Å². The van der Waals surface area contributed by atoms with Crippen LogP contribution in [0.4, 0.5) is 11.4 Å². The van der Waals surface area contributed by atoms with Crippen LogP contribution in [0.3, 0.4) is 0 Å². The summed E-state index contributed by atoms with van der Waals surface area (Å²) in [5.74, 6) is 0.580. The van der Waals surface area contributed by atoms with Crippen LogP contribution in [0.5, 0.6) is 5.88 Å². The average Bonchev–Trinajstić information content (AvgIpc) is 3.35. The zero-order valence-corrected chi connectivity index (χ0v) is 18.6. The number of amides is 1. The van der Waals surface area contributed by atoms with Crippen molar-refractivity contribution < 1.29 is 9.53 Å². The normalized spacial score (nSPS) is 12.2. The van der Waals surface area contributed by atoms with E-state index in [4.69, 9.17) is 4.74 Å². The Hall–Kier alpha value is -3.84. The van der Waals surface area contributed by atoms with E-state index in [1.807, 2.05) is 54.6 Å². The highest BCUT2D eigenvalue weighted by molar-refractivity contribution is 7.99. The second-order valence-corrected chi connectivity index (χ2v) is 8.53. The second kappa shape index (κ2) is 9.34. The molecule has 2 heterocycles. The summed E-state index contributed by atoms with van der Waals surface area (Å²) in [5.41, 5.74) is 1.81. The number of nitrogens with zero attached hydrogens (tertiary/aromatic N) is 3. The van der Waals surface area contributed by atoms with Gasteiger partial charge < -0.3 is 4.74 Å². The van der Waals surface area contributed by atoms with E-state index in [9.17, 15) is 9.59 Å². The molecule has 1 amide bonds. The van der Waals surface area contributed by atoms with Crippen molar-refractivity contribution in [3.63, 3.8) is 0 Å². The summed E-state index contributed by atoms with van der Waals surface area (Å²) < 4.78 is 7.70. The topological polar surface area (TPSA) is 64.4 Å². The third-order valence-corrected chi connectivity index (χ3v) is 6.26. The highest BCUT2D eigenvalue weighted by Gasteiger charge is 2.30. The van der Waals surface area contributed by atoms with Crippen LogP contribution >= 0.6 is 11.8 Å². The van der Waals surface area contributed by atoms with Crippen molar-refractivity contribution in [2.75, 3.05) is 10.7 Å². The predicted octanol–water partition coefficient (Wildman–Crippen LogP) is 4.91. The lowest BCUT2D eigenvalue weighted by Gasteiger charge is -2.25. The van der Waals surface area contributed by atoms with Gasteiger partial charge in [-0.25, -0.2) is 0 Å². The fraction of sp³-hybridized carbons (Fsp3) is 0.115. The minimum Gasteiger partial charge on any atom is -0.471 e. The van der Waals surface area contributed by atoms with Gasteiger partial charge in [0.2, 0.25) is 5.88 Å². The zero-order chi connectivity index (χ0) is 22.6. The molecule has 7 heteroatoms. The van der Waals surface area contributed by atoms with Crippen molar-refractivity contribution in [3.05, 3.63) is 112 Å². The van der Waals surface area contributed by atoms with E-state index >= 15 is 0 Å². The van der Waals surface area contributed by atoms with Gasteiger partial charge in [0.1, 0.15) is 6.61 Å². The van der Waals surface area contributed by atoms with Crippen LogP contribution < -0.4 is 15.2 Å². The molecule has 164 valence electrons. The number of fused-ring (bicyclic) bond motifs is 1. The van der Waals surface area contributed by atoms with Gasteiger partial charge in [-0.15, -0.1) is 0 Å². The molecule has 0 atom stereocenters. The maximum absolute atomic E-state index is 13.7. The van der Waals surface area contributed by atoms with Crippen LogP contribution in [0.1, 0.15) is 15.9 Å². The van der Waals surface area contributed by atoms with Crippen LogP contribution in [0.25, 0.3) is 0 Å². The smallest absolute Gasteiger partial charge is 0.282 e. The fourth-order valence-corrected chi connectivity index (χ4v) is 4.63. The van der Waals surface area contributed by atoms with Crippen molar-refractivity contribution in [3.8, 4) is 5.88 Å². The lowest BCUT2D eigenvalue weighted by atomic mass is 10.1. The quantitative estimate of drug-likeness (QED) is 0.387. The first-order valence-electron chi connectivity index (χ1n) is 10.6. The summed E-state index contributed by atoms with van der Waals surface area (Å²) >= 11 is 1.51. The molecule has 0 saturated carbocycles. The summed E-state index contributed by atoms with van der Waals surface area (Å²) in [6, 6.07) is 27.7. The van der Waals surface area contributed by atoms with Crippen molar-refractivity contribution in [1.82, 2.24) is 9.55 Å². The molecule has 0 fully saturated rings. The number of anilines is 2.